The zero-order chi connectivity index (χ0) is 12.9. The average molecular weight is 389 g/mol. The predicted octanol–water partition coefficient (Wildman–Crippen LogP) is 2.79. The Morgan fingerprint density at radius 3 is 0.905 bits per heavy atom. The maximum atomic E-state index is 2.23. The molecule has 0 heterocycles. The molecule has 0 atom stereocenters. The molecule has 0 aliphatic heterocycles. The molecule has 0 aromatic heterocycles. The first-order valence-corrected chi connectivity index (χ1v) is 7.74. The maximum Gasteiger partial charge on any atom is 0 e. The van der Waals surface area contributed by atoms with Gasteiger partial charge in [0.25, 0.3) is 0 Å². The van der Waals surface area contributed by atoms with Gasteiger partial charge in [0.15, 0.2) is 0 Å². The third-order valence-electron chi connectivity index (χ3n) is 3.04. The molecule has 3 aromatic rings. The molecule has 3 rings (SSSR count). The molecule has 0 saturated carbocycles. The predicted molar refractivity (Wildman–Crippen MR) is 92.3 cm³/mol. The Morgan fingerprint density at radius 1 is 0.429 bits per heavy atom. The molecule has 0 aliphatic rings. The molecular formula is C18H16NaPRh. The molecule has 0 nitrogen and oxygen atoms in total. The van der Waals surface area contributed by atoms with Gasteiger partial charge in [0.05, 0.1) is 0 Å². The van der Waals surface area contributed by atoms with Crippen LogP contribution in [-0.4, -0.2) is 29.6 Å². The number of hydrogen-bond donors (Lipinski definition) is 0. The monoisotopic (exact) mass is 389 g/mol. The van der Waals surface area contributed by atoms with E-state index >= 15 is 0 Å². The largest absolute Gasteiger partial charge is 0.0622 e. The minimum absolute atomic E-state index is 0. The molecule has 3 aromatic carbocycles. The first-order chi connectivity index (χ1) is 9.45. The summed E-state index contributed by atoms with van der Waals surface area (Å²) in [6.07, 6.45) is 0. The minimum atomic E-state index is -0.446. The number of rotatable bonds is 3. The molecule has 0 saturated heterocycles. The van der Waals surface area contributed by atoms with E-state index in [1.54, 1.807) is 0 Å². The van der Waals surface area contributed by atoms with Gasteiger partial charge >= 0.3 is 29.6 Å². The molecular weight excluding hydrogens is 373 g/mol. The van der Waals surface area contributed by atoms with Gasteiger partial charge in [-0.15, -0.1) is 0 Å². The quantitative estimate of drug-likeness (QED) is 0.478. The fourth-order valence-electron chi connectivity index (χ4n) is 2.18. The third kappa shape index (κ3) is 4.85. The molecule has 3 heteroatoms. The Bertz CT molecular complexity index is 535. The van der Waals surface area contributed by atoms with Gasteiger partial charge in [0.2, 0.25) is 0 Å². The summed E-state index contributed by atoms with van der Waals surface area (Å²) in [5.41, 5.74) is 0. The number of hydrogen-bond acceptors (Lipinski definition) is 0. The van der Waals surface area contributed by atoms with Gasteiger partial charge in [-0.1, -0.05) is 91.0 Å². The zero-order valence-corrected chi connectivity index (χ0v) is 13.5. The third-order valence-corrected chi connectivity index (χ3v) is 5.49. The van der Waals surface area contributed by atoms with Crippen LogP contribution in [0.1, 0.15) is 0 Å². The standard InChI is InChI=1S/C18H15P.Na.Rh.H/c1-4-10-16(11-5-1)19(17-12-6-2-7-13-17)18-14-8-3-9-15-18;;;/h1-15H;;;. The summed E-state index contributed by atoms with van der Waals surface area (Å²) < 4.78 is 0. The second-order valence-electron chi connectivity index (χ2n) is 4.34. The summed E-state index contributed by atoms with van der Waals surface area (Å²) in [4.78, 5) is 0. The Morgan fingerprint density at radius 2 is 0.667 bits per heavy atom. The van der Waals surface area contributed by atoms with Crippen molar-refractivity contribution in [2.75, 3.05) is 0 Å². The van der Waals surface area contributed by atoms with E-state index in [0.29, 0.717) is 0 Å². The van der Waals surface area contributed by atoms with E-state index in [-0.39, 0.29) is 49.0 Å². The van der Waals surface area contributed by atoms with Crippen molar-refractivity contribution in [2.24, 2.45) is 0 Å². The van der Waals surface area contributed by atoms with Gasteiger partial charge in [-0.05, 0) is 23.8 Å². The molecule has 21 heavy (non-hydrogen) atoms. The normalized spacial score (nSPS) is 9.57. The van der Waals surface area contributed by atoms with E-state index < -0.39 is 7.92 Å². The molecule has 0 amide bonds. The van der Waals surface area contributed by atoms with Gasteiger partial charge < -0.3 is 0 Å². The van der Waals surface area contributed by atoms with Gasteiger partial charge in [-0.2, -0.15) is 0 Å². The van der Waals surface area contributed by atoms with Gasteiger partial charge in [-0.25, -0.2) is 0 Å². The summed E-state index contributed by atoms with van der Waals surface area (Å²) in [6, 6.07) is 32.3. The topological polar surface area (TPSA) is 0 Å². The van der Waals surface area contributed by atoms with Crippen LogP contribution in [0.5, 0.6) is 0 Å². The first-order valence-electron chi connectivity index (χ1n) is 6.40. The summed E-state index contributed by atoms with van der Waals surface area (Å²) in [5, 5.41) is 4.19. The van der Waals surface area contributed by atoms with Crippen LogP contribution in [0.15, 0.2) is 91.0 Å². The number of benzene rings is 3. The molecule has 0 unspecified atom stereocenters. The van der Waals surface area contributed by atoms with Crippen molar-refractivity contribution in [3.05, 3.63) is 91.0 Å². The van der Waals surface area contributed by atoms with Gasteiger partial charge in [-0.3, -0.25) is 0 Å². The van der Waals surface area contributed by atoms with Crippen molar-refractivity contribution >= 4 is 53.4 Å². The van der Waals surface area contributed by atoms with E-state index in [1.807, 2.05) is 0 Å². The Hall–Kier alpha value is -0.287. The summed E-state index contributed by atoms with van der Waals surface area (Å²) >= 11 is 0. The molecule has 0 bridgehead atoms. The van der Waals surface area contributed by atoms with E-state index in [1.165, 1.54) is 15.9 Å². The second-order valence-corrected chi connectivity index (χ2v) is 6.56. The van der Waals surface area contributed by atoms with E-state index in [2.05, 4.69) is 91.0 Å². The summed E-state index contributed by atoms with van der Waals surface area (Å²) in [7, 11) is -0.446. The molecule has 103 valence electrons. The maximum absolute atomic E-state index is 2.23. The van der Waals surface area contributed by atoms with Crippen LogP contribution in [0.3, 0.4) is 0 Å². The van der Waals surface area contributed by atoms with Gasteiger partial charge in [0, 0.05) is 19.5 Å². The van der Waals surface area contributed by atoms with Crippen molar-refractivity contribution < 1.29 is 19.5 Å². The molecule has 0 aliphatic carbocycles. The van der Waals surface area contributed by atoms with Crippen molar-refractivity contribution in [3.63, 3.8) is 0 Å². The Balaban J connectivity index is 0.00000110. The van der Waals surface area contributed by atoms with Crippen LogP contribution in [-0.2, 0) is 19.5 Å². The van der Waals surface area contributed by atoms with Crippen LogP contribution < -0.4 is 15.9 Å². The molecule has 1 radical (unpaired) electrons. The van der Waals surface area contributed by atoms with E-state index in [0.717, 1.165) is 0 Å². The fraction of sp³-hybridized carbons (Fsp3) is 0. The first kappa shape index (κ1) is 18.8. The Labute approximate surface area is 162 Å². The van der Waals surface area contributed by atoms with Crippen LogP contribution in [0.2, 0.25) is 0 Å². The molecule has 0 fully saturated rings. The summed E-state index contributed by atoms with van der Waals surface area (Å²) in [5.74, 6) is 0. The van der Waals surface area contributed by atoms with Gasteiger partial charge in [0.1, 0.15) is 0 Å². The minimum Gasteiger partial charge on any atom is -0.0622 e. The Kier molecular flexibility index (Phi) is 8.64. The summed E-state index contributed by atoms with van der Waals surface area (Å²) in [6.45, 7) is 0. The average Bonchev–Trinajstić information content (AvgIpc) is 2.51. The van der Waals surface area contributed by atoms with Crippen molar-refractivity contribution in [3.8, 4) is 0 Å². The van der Waals surface area contributed by atoms with Crippen molar-refractivity contribution in [2.45, 2.75) is 0 Å². The molecule has 0 N–H and O–H groups in total. The van der Waals surface area contributed by atoms with Crippen LogP contribution in [0.4, 0.5) is 0 Å². The van der Waals surface area contributed by atoms with Crippen LogP contribution in [0.25, 0.3) is 0 Å². The van der Waals surface area contributed by atoms with Crippen molar-refractivity contribution in [1.29, 1.82) is 0 Å². The van der Waals surface area contributed by atoms with Crippen LogP contribution >= 0.6 is 7.92 Å². The fourth-order valence-corrected chi connectivity index (χ4v) is 4.48. The SMILES string of the molecule is [NaH].[Rh].c1ccc(P(c2ccccc2)c2ccccc2)cc1. The second kappa shape index (κ2) is 9.67. The van der Waals surface area contributed by atoms with E-state index in [4.69, 9.17) is 0 Å². The van der Waals surface area contributed by atoms with E-state index in [9.17, 15) is 0 Å². The zero-order valence-electron chi connectivity index (χ0n) is 10.9. The smallest absolute Gasteiger partial charge is 0 e. The molecule has 0 spiro atoms. The van der Waals surface area contributed by atoms with Crippen LogP contribution in [0, 0.1) is 0 Å². The van der Waals surface area contributed by atoms with Crippen molar-refractivity contribution in [1.82, 2.24) is 0 Å².